The second kappa shape index (κ2) is 11.1. The number of ether oxygens (including phenoxy) is 1. The number of thioether (sulfide) groups is 1. The highest BCUT2D eigenvalue weighted by Crippen LogP contribution is 2.24. The number of hydrogen-bond acceptors (Lipinski definition) is 6. The number of benzene rings is 3. The largest absolute Gasteiger partial charge is 0.497 e. The average molecular weight is 494 g/mol. The first-order valence-electron chi connectivity index (χ1n) is 10.6. The first kappa shape index (κ1) is 23.7. The third-order valence-corrected chi connectivity index (χ3v) is 6.17. The normalized spacial score (nSPS) is 10.7. The van der Waals surface area contributed by atoms with Crippen LogP contribution in [-0.4, -0.2) is 33.5 Å². The van der Waals surface area contributed by atoms with E-state index in [0.29, 0.717) is 22.4 Å². The number of aryl methyl sites for hydroxylation is 1. The van der Waals surface area contributed by atoms with Gasteiger partial charge in [-0.3, -0.25) is 9.36 Å². The topological polar surface area (TPSA) is 81.1 Å². The maximum atomic E-state index is 12.5. The summed E-state index contributed by atoms with van der Waals surface area (Å²) in [5.74, 6) is 1.50. The smallest absolute Gasteiger partial charge is 0.234 e. The van der Waals surface area contributed by atoms with Gasteiger partial charge >= 0.3 is 0 Å². The molecule has 0 bridgehead atoms. The molecule has 0 saturated carbocycles. The molecule has 9 heteroatoms. The van der Waals surface area contributed by atoms with E-state index in [1.807, 2.05) is 41.0 Å². The predicted molar refractivity (Wildman–Crippen MR) is 137 cm³/mol. The molecule has 0 fully saturated rings. The number of hydrogen-bond donors (Lipinski definition) is 2. The first-order chi connectivity index (χ1) is 16.5. The second-order valence-electron chi connectivity index (χ2n) is 7.50. The third-order valence-electron chi connectivity index (χ3n) is 4.99. The summed E-state index contributed by atoms with van der Waals surface area (Å²) in [6.45, 7) is 2.52. The van der Waals surface area contributed by atoms with Crippen LogP contribution in [0.15, 0.2) is 78.0 Å². The average Bonchev–Trinajstić information content (AvgIpc) is 3.26. The molecule has 2 N–H and O–H groups in total. The van der Waals surface area contributed by atoms with E-state index in [4.69, 9.17) is 16.3 Å². The van der Waals surface area contributed by atoms with E-state index in [2.05, 4.69) is 39.9 Å². The molecule has 0 aliphatic carbocycles. The molecular formula is C25H24ClN5O2S. The molecule has 0 saturated heterocycles. The number of nitrogens with one attached hydrogen (secondary N) is 2. The van der Waals surface area contributed by atoms with Crippen LogP contribution < -0.4 is 15.4 Å². The Bertz CT molecular complexity index is 1240. The zero-order valence-corrected chi connectivity index (χ0v) is 20.4. The van der Waals surface area contributed by atoms with Crippen LogP contribution in [-0.2, 0) is 11.3 Å². The molecule has 1 heterocycles. The van der Waals surface area contributed by atoms with Gasteiger partial charge in [-0.25, -0.2) is 0 Å². The summed E-state index contributed by atoms with van der Waals surface area (Å²) in [7, 11) is 1.60. The zero-order valence-electron chi connectivity index (χ0n) is 18.8. The maximum Gasteiger partial charge on any atom is 0.234 e. The van der Waals surface area contributed by atoms with Gasteiger partial charge in [0.15, 0.2) is 11.0 Å². The van der Waals surface area contributed by atoms with Crippen molar-refractivity contribution in [3.8, 4) is 11.4 Å². The standard InChI is InChI=1S/C25H24ClN5O2S/c1-17-3-7-19(8-4-17)27-15-23-29-30-25(31(23)21-11-5-18(26)6-12-21)34-16-24(32)28-20-9-13-22(33-2)14-10-20/h3-14,27H,15-16H2,1-2H3,(H,28,32). The predicted octanol–water partition coefficient (Wildman–Crippen LogP) is 5.58. The van der Waals surface area contributed by atoms with Crippen molar-refractivity contribution >= 4 is 40.6 Å². The lowest BCUT2D eigenvalue weighted by molar-refractivity contribution is -0.113. The minimum atomic E-state index is -0.139. The fourth-order valence-electron chi connectivity index (χ4n) is 3.21. The summed E-state index contributed by atoms with van der Waals surface area (Å²) in [6, 6.07) is 22.8. The number of nitrogens with zero attached hydrogens (tertiary/aromatic N) is 3. The number of carbonyl (C=O) groups excluding carboxylic acids is 1. The van der Waals surface area contributed by atoms with Crippen molar-refractivity contribution in [2.24, 2.45) is 0 Å². The SMILES string of the molecule is COc1ccc(NC(=O)CSc2nnc(CNc3ccc(C)cc3)n2-c2ccc(Cl)cc2)cc1. The van der Waals surface area contributed by atoms with Gasteiger partial charge in [0.05, 0.1) is 19.4 Å². The Morgan fingerprint density at radius 1 is 0.971 bits per heavy atom. The number of aromatic nitrogens is 3. The molecule has 1 amide bonds. The van der Waals surface area contributed by atoms with Gasteiger partial charge in [0.2, 0.25) is 5.91 Å². The number of methoxy groups -OCH3 is 1. The van der Waals surface area contributed by atoms with Crippen molar-refractivity contribution < 1.29 is 9.53 Å². The van der Waals surface area contributed by atoms with Gasteiger partial charge in [-0.2, -0.15) is 0 Å². The molecule has 7 nitrogen and oxygen atoms in total. The molecule has 34 heavy (non-hydrogen) atoms. The van der Waals surface area contributed by atoms with Gasteiger partial charge in [-0.05, 0) is 67.6 Å². The summed E-state index contributed by atoms with van der Waals surface area (Å²) >= 11 is 7.40. The van der Waals surface area contributed by atoms with E-state index in [1.54, 1.807) is 31.4 Å². The van der Waals surface area contributed by atoms with Gasteiger partial charge < -0.3 is 15.4 Å². The molecule has 4 aromatic rings. The molecule has 0 unspecified atom stereocenters. The molecule has 0 aliphatic heterocycles. The van der Waals surface area contributed by atoms with E-state index >= 15 is 0 Å². The quantitative estimate of drug-likeness (QED) is 0.296. The molecule has 4 rings (SSSR count). The summed E-state index contributed by atoms with van der Waals surface area (Å²) < 4.78 is 7.08. The monoisotopic (exact) mass is 493 g/mol. The Morgan fingerprint density at radius 3 is 2.32 bits per heavy atom. The summed E-state index contributed by atoms with van der Waals surface area (Å²) in [5, 5.41) is 16.3. The minimum absolute atomic E-state index is 0.139. The van der Waals surface area contributed by atoms with Gasteiger partial charge in [0, 0.05) is 22.1 Å². The van der Waals surface area contributed by atoms with Crippen LogP contribution in [0.3, 0.4) is 0 Å². The summed E-state index contributed by atoms with van der Waals surface area (Å²) in [4.78, 5) is 12.5. The molecule has 3 aromatic carbocycles. The molecule has 0 radical (unpaired) electrons. The lowest BCUT2D eigenvalue weighted by atomic mass is 10.2. The fourth-order valence-corrected chi connectivity index (χ4v) is 4.11. The number of anilines is 2. The number of carbonyl (C=O) groups is 1. The van der Waals surface area contributed by atoms with Crippen LogP contribution in [0, 0.1) is 6.92 Å². The molecule has 1 aromatic heterocycles. The third kappa shape index (κ3) is 6.09. The second-order valence-corrected chi connectivity index (χ2v) is 8.87. The first-order valence-corrected chi connectivity index (χ1v) is 12.0. The van der Waals surface area contributed by atoms with E-state index in [1.165, 1.54) is 17.3 Å². The van der Waals surface area contributed by atoms with Crippen LogP contribution in [0.25, 0.3) is 5.69 Å². The minimum Gasteiger partial charge on any atom is -0.497 e. The van der Waals surface area contributed by atoms with Crippen LogP contribution in [0.5, 0.6) is 5.75 Å². The number of amides is 1. The van der Waals surface area contributed by atoms with Gasteiger partial charge in [-0.15, -0.1) is 10.2 Å². The Labute approximate surface area is 207 Å². The number of rotatable bonds is 9. The Balaban J connectivity index is 1.48. The van der Waals surface area contributed by atoms with Crippen LogP contribution in [0.4, 0.5) is 11.4 Å². The van der Waals surface area contributed by atoms with Gasteiger partial charge in [-0.1, -0.05) is 41.1 Å². The molecular weight excluding hydrogens is 470 g/mol. The highest BCUT2D eigenvalue weighted by atomic mass is 35.5. The molecule has 174 valence electrons. The van der Waals surface area contributed by atoms with Crippen molar-refractivity contribution in [2.75, 3.05) is 23.5 Å². The van der Waals surface area contributed by atoms with Crippen molar-refractivity contribution in [1.29, 1.82) is 0 Å². The lowest BCUT2D eigenvalue weighted by Crippen LogP contribution is -2.15. The van der Waals surface area contributed by atoms with E-state index in [0.717, 1.165) is 22.9 Å². The summed E-state index contributed by atoms with van der Waals surface area (Å²) in [6.07, 6.45) is 0. The maximum absolute atomic E-state index is 12.5. The Kier molecular flexibility index (Phi) is 7.72. The van der Waals surface area contributed by atoms with Crippen molar-refractivity contribution in [1.82, 2.24) is 14.8 Å². The van der Waals surface area contributed by atoms with E-state index < -0.39 is 0 Å². The Morgan fingerprint density at radius 2 is 1.65 bits per heavy atom. The van der Waals surface area contributed by atoms with Gasteiger partial charge in [0.1, 0.15) is 5.75 Å². The van der Waals surface area contributed by atoms with Crippen LogP contribution in [0.2, 0.25) is 5.02 Å². The van der Waals surface area contributed by atoms with Crippen molar-refractivity contribution in [3.63, 3.8) is 0 Å². The molecule has 0 spiro atoms. The van der Waals surface area contributed by atoms with Crippen LogP contribution in [0.1, 0.15) is 11.4 Å². The van der Waals surface area contributed by atoms with Gasteiger partial charge in [0.25, 0.3) is 0 Å². The van der Waals surface area contributed by atoms with Crippen molar-refractivity contribution in [3.05, 3.63) is 89.2 Å². The fraction of sp³-hybridized carbons (Fsp3) is 0.160. The highest BCUT2D eigenvalue weighted by molar-refractivity contribution is 7.99. The molecule has 0 atom stereocenters. The van der Waals surface area contributed by atoms with E-state index in [9.17, 15) is 4.79 Å². The van der Waals surface area contributed by atoms with E-state index in [-0.39, 0.29) is 11.7 Å². The zero-order chi connectivity index (χ0) is 23.9. The number of halogens is 1. The Hall–Kier alpha value is -3.49. The van der Waals surface area contributed by atoms with Crippen LogP contribution >= 0.6 is 23.4 Å². The van der Waals surface area contributed by atoms with Crippen molar-refractivity contribution in [2.45, 2.75) is 18.6 Å². The molecule has 0 aliphatic rings. The summed E-state index contributed by atoms with van der Waals surface area (Å²) in [5.41, 5.74) is 3.76. The highest BCUT2D eigenvalue weighted by Gasteiger charge is 2.16. The lowest BCUT2D eigenvalue weighted by Gasteiger charge is -2.12.